The normalized spacial score (nSPS) is 13.1. The fourth-order valence-electron chi connectivity index (χ4n) is 0.323. The van der Waals surface area contributed by atoms with Crippen LogP contribution in [0.5, 0.6) is 0 Å². The quantitative estimate of drug-likeness (QED) is 0.568. The molecular weight excluding hydrogens is 204 g/mol. The van der Waals surface area contributed by atoms with E-state index in [1.807, 2.05) is 6.92 Å². The van der Waals surface area contributed by atoms with Gasteiger partial charge in [0.15, 0.2) is 0 Å². The van der Waals surface area contributed by atoms with Gasteiger partial charge in [0.05, 0.1) is 6.61 Å². The van der Waals surface area contributed by atoms with Gasteiger partial charge in [0, 0.05) is 0 Å². The van der Waals surface area contributed by atoms with Gasteiger partial charge in [0.2, 0.25) is 0 Å². The number of rotatable bonds is 4. The van der Waals surface area contributed by atoms with Crippen molar-refractivity contribution in [1.82, 2.24) is 0 Å². The molecule has 15 heavy (non-hydrogen) atoms. The highest BCUT2D eigenvalue weighted by molar-refractivity contribution is 5.73. The number of hydrogen-bond donors (Lipinski definition) is 3. The molecule has 0 rings (SSSR count). The molecule has 0 saturated heterocycles. The molecule has 6 heteroatoms. The lowest BCUT2D eigenvalue weighted by Crippen LogP contribution is -2.19. The van der Waals surface area contributed by atoms with Crippen LogP contribution in [-0.4, -0.2) is 46.1 Å². The average Bonchev–Trinajstić information content (AvgIpc) is 2.14. The van der Waals surface area contributed by atoms with Gasteiger partial charge in [0.25, 0.3) is 0 Å². The molecule has 0 heterocycles. The largest absolute Gasteiger partial charge is 0.479 e. The second-order valence-electron chi connectivity index (χ2n) is 2.86. The highest BCUT2D eigenvalue weighted by Crippen LogP contribution is 1.87. The van der Waals surface area contributed by atoms with Crippen molar-refractivity contribution in [3.05, 3.63) is 0 Å². The summed E-state index contributed by atoms with van der Waals surface area (Å²) in [7, 11) is 0. The Bertz CT molecular complexity index is 187. The molecule has 0 aromatic rings. The zero-order chi connectivity index (χ0) is 12.4. The molecule has 3 N–H and O–H groups in total. The molecule has 6 nitrogen and oxygen atoms in total. The number of carboxylic acid groups (broad SMARTS) is 1. The zero-order valence-corrected chi connectivity index (χ0v) is 9.14. The molecule has 0 aliphatic carbocycles. The molecule has 2 unspecified atom stereocenters. The summed E-state index contributed by atoms with van der Waals surface area (Å²) in [5.74, 6) is -1.73. The average molecular weight is 222 g/mol. The summed E-state index contributed by atoms with van der Waals surface area (Å²) >= 11 is 0. The summed E-state index contributed by atoms with van der Waals surface area (Å²) in [5, 5.41) is 24.3. The van der Waals surface area contributed by atoms with Crippen LogP contribution in [0.4, 0.5) is 0 Å². The molecule has 0 aliphatic rings. The van der Waals surface area contributed by atoms with Crippen LogP contribution in [-0.2, 0) is 14.3 Å². The monoisotopic (exact) mass is 222 g/mol. The summed E-state index contributed by atoms with van der Waals surface area (Å²) < 4.78 is 4.56. The maximum Gasteiger partial charge on any atom is 0.334 e. The van der Waals surface area contributed by atoms with E-state index in [1.165, 1.54) is 13.8 Å². The Morgan fingerprint density at radius 1 is 1.20 bits per heavy atom. The van der Waals surface area contributed by atoms with Gasteiger partial charge in [-0.15, -0.1) is 0 Å². The van der Waals surface area contributed by atoms with Gasteiger partial charge in [-0.1, -0.05) is 6.92 Å². The van der Waals surface area contributed by atoms with Crippen molar-refractivity contribution in [2.45, 2.75) is 39.4 Å². The van der Waals surface area contributed by atoms with Crippen molar-refractivity contribution in [3.8, 4) is 0 Å². The lowest BCUT2D eigenvalue weighted by molar-refractivity contribution is -0.152. The Kier molecular flexibility index (Phi) is 10.2. The van der Waals surface area contributed by atoms with Crippen molar-refractivity contribution >= 4 is 11.9 Å². The molecule has 0 spiro atoms. The standard InChI is InChI=1S/C6H12O3.C3H6O3/c1-3-4-9-6(8)5(2)7;1-2(4)3(5)6/h5,7H,3-4H2,1-2H3;2,4H,1H3,(H,5,6). The zero-order valence-electron chi connectivity index (χ0n) is 9.14. The van der Waals surface area contributed by atoms with Crippen molar-refractivity contribution in [2.24, 2.45) is 0 Å². The number of carbonyl (C=O) groups excluding carboxylic acids is 1. The maximum absolute atomic E-state index is 10.4. The molecule has 0 amide bonds. The smallest absolute Gasteiger partial charge is 0.334 e. The van der Waals surface area contributed by atoms with E-state index >= 15 is 0 Å². The van der Waals surface area contributed by atoms with E-state index in [2.05, 4.69) is 4.74 Å². The van der Waals surface area contributed by atoms with Crippen LogP contribution in [0.25, 0.3) is 0 Å². The lowest BCUT2D eigenvalue weighted by atomic mass is 10.4. The topological polar surface area (TPSA) is 104 Å². The number of carboxylic acids is 1. The molecule has 0 fully saturated rings. The van der Waals surface area contributed by atoms with E-state index in [9.17, 15) is 9.59 Å². The minimum absolute atomic E-state index is 0.393. The maximum atomic E-state index is 10.4. The van der Waals surface area contributed by atoms with Crippen LogP contribution in [0.2, 0.25) is 0 Å². The van der Waals surface area contributed by atoms with Crippen molar-refractivity contribution in [1.29, 1.82) is 0 Å². The minimum Gasteiger partial charge on any atom is -0.479 e. The number of hydrogen-bond acceptors (Lipinski definition) is 5. The fourth-order valence-corrected chi connectivity index (χ4v) is 0.323. The minimum atomic E-state index is -1.23. The van der Waals surface area contributed by atoms with Gasteiger partial charge in [-0.05, 0) is 20.3 Å². The molecule has 0 aliphatic heterocycles. The van der Waals surface area contributed by atoms with Gasteiger partial charge in [-0.3, -0.25) is 0 Å². The van der Waals surface area contributed by atoms with Gasteiger partial charge in [-0.2, -0.15) is 0 Å². The van der Waals surface area contributed by atoms with Crippen LogP contribution in [0, 0.1) is 0 Å². The molecular formula is C9H18O6. The Labute approximate surface area is 88.5 Å². The fraction of sp³-hybridized carbons (Fsp3) is 0.778. The molecule has 0 bridgehead atoms. The van der Waals surface area contributed by atoms with E-state index in [4.69, 9.17) is 15.3 Å². The highest BCUT2D eigenvalue weighted by atomic mass is 16.5. The first-order valence-corrected chi connectivity index (χ1v) is 4.58. The SMILES string of the molecule is CC(O)C(=O)O.CCCOC(=O)C(C)O. The number of aliphatic hydroxyl groups excluding tert-OH is 2. The van der Waals surface area contributed by atoms with E-state index in [0.717, 1.165) is 6.42 Å². The van der Waals surface area contributed by atoms with E-state index in [0.29, 0.717) is 6.61 Å². The highest BCUT2D eigenvalue weighted by Gasteiger charge is 2.07. The van der Waals surface area contributed by atoms with Crippen molar-refractivity contribution in [2.75, 3.05) is 6.61 Å². The van der Waals surface area contributed by atoms with Crippen molar-refractivity contribution < 1.29 is 29.6 Å². The second-order valence-corrected chi connectivity index (χ2v) is 2.86. The Balaban J connectivity index is 0. The summed E-state index contributed by atoms with van der Waals surface area (Å²) in [6.07, 6.45) is -1.43. The summed E-state index contributed by atoms with van der Waals surface area (Å²) in [4.78, 5) is 19.9. The van der Waals surface area contributed by atoms with E-state index in [1.54, 1.807) is 0 Å². The third-order valence-corrected chi connectivity index (χ3v) is 1.15. The lowest BCUT2D eigenvalue weighted by Gasteiger charge is -2.03. The van der Waals surface area contributed by atoms with E-state index in [-0.39, 0.29) is 0 Å². The number of esters is 1. The predicted molar refractivity (Wildman–Crippen MR) is 52.2 cm³/mol. The molecule has 0 radical (unpaired) electrons. The van der Waals surface area contributed by atoms with Crippen LogP contribution in [0.3, 0.4) is 0 Å². The molecule has 0 saturated carbocycles. The van der Waals surface area contributed by atoms with Crippen LogP contribution in [0.1, 0.15) is 27.2 Å². The summed E-state index contributed by atoms with van der Waals surface area (Å²) in [6, 6.07) is 0. The summed E-state index contributed by atoms with van der Waals surface area (Å²) in [5.41, 5.74) is 0. The van der Waals surface area contributed by atoms with Gasteiger partial charge >= 0.3 is 11.9 Å². The van der Waals surface area contributed by atoms with Crippen LogP contribution >= 0.6 is 0 Å². The van der Waals surface area contributed by atoms with E-state index < -0.39 is 24.1 Å². The van der Waals surface area contributed by atoms with Crippen LogP contribution < -0.4 is 0 Å². The molecule has 2 atom stereocenters. The molecule has 90 valence electrons. The first kappa shape index (κ1) is 16.3. The summed E-state index contributed by atoms with van der Waals surface area (Å²) in [6.45, 7) is 4.87. The number of aliphatic hydroxyl groups is 2. The third-order valence-electron chi connectivity index (χ3n) is 1.15. The first-order valence-electron chi connectivity index (χ1n) is 4.58. The number of ether oxygens (including phenoxy) is 1. The Hall–Kier alpha value is -1.14. The number of carbonyl (C=O) groups is 2. The Morgan fingerprint density at radius 2 is 1.60 bits per heavy atom. The number of aliphatic carboxylic acids is 1. The third kappa shape index (κ3) is 12.9. The molecule has 0 aromatic carbocycles. The van der Waals surface area contributed by atoms with Gasteiger partial charge in [-0.25, -0.2) is 9.59 Å². The predicted octanol–water partition coefficient (Wildman–Crippen LogP) is -0.228. The molecule has 0 aromatic heterocycles. The van der Waals surface area contributed by atoms with Gasteiger partial charge < -0.3 is 20.1 Å². The second kappa shape index (κ2) is 9.42. The first-order chi connectivity index (χ1) is 6.82. The van der Waals surface area contributed by atoms with Gasteiger partial charge in [0.1, 0.15) is 12.2 Å². The Morgan fingerprint density at radius 3 is 1.80 bits per heavy atom. The van der Waals surface area contributed by atoms with Crippen LogP contribution in [0.15, 0.2) is 0 Å². The van der Waals surface area contributed by atoms with Crippen molar-refractivity contribution in [3.63, 3.8) is 0 Å².